The SMILES string of the molecule is [Fe+2].c1cc[cH-]c1.c1ccc2c(c1)ncn2CCCC[c-]1cccc1. The molecule has 0 atom stereocenters. The largest absolute Gasteiger partial charge is 2.00 e. The third kappa shape index (κ3) is 5.23. The first kappa shape index (κ1) is 18.3. The summed E-state index contributed by atoms with van der Waals surface area (Å²) in [5.74, 6) is 0. The second kappa shape index (κ2) is 9.92. The molecule has 2 nitrogen and oxygen atoms in total. The molecule has 0 saturated heterocycles. The summed E-state index contributed by atoms with van der Waals surface area (Å²) in [6.07, 6.45) is 5.56. The van der Waals surface area contributed by atoms with Crippen LogP contribution >= 0.6 is 0 Å². The molecule has 0 unspecified atom stereocenters. The Bertz CT molecular complexity index is 765. The van der Waals surface area contributed by atoms with E-state index in [2.05, 4.69) is 52.0 Å². The first-order valence-electron chi connectivity index (χ1n) is 8.20. The van der Waals surface area contributed by atoms with Crippen LogP contribution in [-0.4, -0.2) is 9.55 Å². The number of hydrogen-bond donors (Lipinski definition) is 0. The quantitative estimate of drug-likeness (QED) is 0.273. The molecular weight excluding hydrogens is 336 g/mol. The van der Waals surface area contributed by atoms with E-state index >= 15 is 0 Å². The normalized spacial score (nSPS) is 10.0. The van der Waals surface area contributed by atoms with Crippen molar-refractivity contribution in [3.05, 3.63) is 90.8 Å². The molecule has 0 aliphatic heterocycles. The van der Waals surface area contributed by atoms with Gasteiger partial charge in [0.2, 0.25) is 0 Å². The molecule has 1 heterocycles. The van der Waals surface area contributed by atoms with Crippen molar-refractivity contribution in [3.8, 4) is 0 Å². The molecule has 0 radical (unpaired) electrons. The van der Waals surface area contributed by atoms with Gasteiger partial charge in [-0.25, -0.2) is 29.2 Å². The molecule has 0 bridgehead atoms. The minimum absolute atomic E-state index is 0. The molecule has 0 amide bonds. The van der Waals surface area contributed by atoms with Crippen molar-refractivity contribution in [2.75, 3.05) is 0 Å². The van der Waals surface area contributed by atoms with Gasteiger partial charge in [0.1, 0.15) is 0 Å². The molecule has 0 N–H and O–H groups in total. The Morgan fingerprint density at radius 1 is 0.917 bits per heavy atom. The number of benzene rings is 1. The Kier molecular flexibility index (Phi) is 7.54. The van der Waals surface area contributed by atoms with Gasteiger partial charge in [0.15, 0.2) is 0 Å². The summed E-state index contributed by atoms with van der Waals surface area (Å²) in [5, 5.41) is 0. The van der Waals surface area contributed by atoms with Crippen LogP contribution in [-0.2, 0) is 30.0 Å². The minimum atomic E-state index is 0. The maximum Gasteiger partial charge on any atom is 2.00 e. The van der Waals surface area contributed by atoms with Crippen LogP contribution in [0.5, 0.6) is 0 Å². The van der Waals surface area contributed by atoms with Gasteiger partial charge in [-0.15, -0.1) is 0 Å². The minimum Gasteiger partial charge on any atom is -0.331 e. The topological polar surface area (TPSA) is 17.8 Å². The molecule has 124 valence electrons. The smallest absolute Gasteiger partial charge is 0.331 e. The first-order chi connectivity index (χ1) is 11.4. The van der Waals surface area contributed by atoms with Crippen molar-refractivity contribution >= 4 is 11.0 Å². The number of rotatable bonds is 5. The van der Waals surface area contributed by atoms with E-state index in [0.717, 1.165) is 12.1 Å². The summed E-state index contributed by atoms with van der Waals surface area (Å²) in [5.41, 5.74) is 3.78. The third-order valence-electron chi connectivity index (χ3n) is 3.93. The molecule has 4 rings (SSSR count). The molecule has 0 aliphatic carbocycles. The predicted molar refractivity (Wildman–Crippen MR) is 96.7 cm³/mol. The van der Waals surface area contributed by atoms with E-state index in [1.807, 2.05) is 42.7 Å². The number of aryl methyl sites for hydroxylation is 2. The van der Waals surface area contributed by atoms with Gasteiger partial charge in [0.25, 0.3) is 0 Å². The van der Waals surface area contributed by atoms with E-state index < -0.39 is 0 Å². The van der Waals surface area contributed by atoms with Crippen LogP contribution in [0.25, 0.3) is 11.0 Å². The average molecular weight is 358 g/mol. The summed E-state index contributed by atoms with van der Waals surface area (Å²) in [7, 11) is 0. The standard InChI is InChI=1S/C16H17N2.C5H5.Fe/c1-2-8-14(7-1)9-5-6-12-18-13-17-15-10-3-4-11-16(15)18;1-2-4-5-3-1;/h1-4,7-8,10-11,13H,5-6,9,12H2;1-5H;/q2*-1;+2. The number of hydrogen-bond acceptors (Lipinski definition) is 1. The average Bonchev–Trinajstić information content (AvgIpc) is 3.35. The Morgan fingerprint density at radius 3 is 2.38 bits per heavy atom. The zero-order chi connectivity index (χ0) is 15.7. The van der Waals surface area contributed by atoms with Crippen LogP contribution in [0.2, 0.25) is 0 Å². The van der Waals surface area contributed by atoms with Crippen LogP contribution < -0.4 is 0 Å². The molecule has 0 saturated carbocycles. The van der Waals surface area contributed by atoms with Gasteiger partial charge < -0.3 is 4.57 Å². The molecule has 4 aromatic rings. The van der Waals surface area contributed by atoms with Crippen molar-refractivity contribution in [2.24, 2.45) is 0 Å². The molecular formula is C21H22FeN2. The molecule has 3 heteroatoms. The van der Waals surface area contributed by atoms with E-state index in [9.17, 15) is 0 Å². The second-order valence-electron chi connectivity index (χ2n) is 5.64. The zero-order valence-corrected chi connectivity index (χ0v) is 14.8. The Morgan fingerprint density at radius 2 is 1.67 bits per heavy atom. The van der Waals surface area contributed by atoms with Crippen LogP contribution in [0, 0.1) is 0 Å². The first-order valence-corrected chi connectivity index (χ1v) is 8.20. The summed E-state index contributed by atoms with van der Waals surface area (Å²) < 4.78 is 2.25. The number of imidazole rings is 1. The van der Waals surface area contributed by atoms with Crippen LogP contribution in [0.15, 0.2) is 85.2 Å². The van der Waals surface area contributed by atoms with Gasteiger partial charge in [-0.05, 0) is 18.6 Å². The van der Waals surface area contributed by atoms with Crippen molar-refractivity contribution < 1.29 is 17.1 Å². The molecule has 1 aromatic heterocycles. The van der Waals surface area contributed by atoms with E-state index in [1.165, 1.54) is 30.3 Å². The summed E-state index contributed by atoms with van der Waals surface area (Å²) >= 11 is 0. The van der Waals surface area contributed by atoms with Gasteiger partial charge in [0.05, 0.1) is 17.4 Å². The number of fused-ring (bicyclic) bond motifs is 1. The maximum atomic E-state index is 4.41. The molecule has 3 aromatic carbocycles. The monoisotopic (exact) mass is 358 g/mol. The van der Waals surface area contributed by atoms with Crippen molar-refractivity contribution in [1.82, 2.24) is 9.55 Å². The summed E-state index contributed by atoms with van der Waals surface area (Å²) in [4.78, 5) is 4.41. The molecule has 24 heavy (non-hydrogen) atoms. The number of unbranched alkanes of at least 4 members (excludes halogenated alkanes) is 1. The Hall–Kier alpha value is -2.09. The van der Waals surface area contributed by atoms with Gasteiger partial charge in [-0.2, -0.15) is 35.9 Å². The van der Waals surface area contributed by atoms with Crippen LogP contribution in [0.1, 0.15) is 18.4 Å². The summed E-state index contributed by atoms with van der Waals surface area (Å²) in [6, 6.07) is 26.9. The fourth-order valence-corrected chi connectivity index (χ4v) is 2.70. The third-order valence-corrected chi connectivity index (χ3v) is 3.93. The van der Waals surface area contributed by atoms with E-state index in [4.69, 9.17) is 0 Å². The molecule has 0 fully saturated rings. The van der Waals surface area contributed by atoms with Gasteiger partial charge in [-0.1, -0.05) is 25.0 Å². The van der Waals surface area contributed by atoms with Crippen LogP contribution in [0.3, 0.4) is 0 Å². The molecule has 0 spiro atoms. The maximum absolute atomic E-state index is 4.41. The fraction of sp³-hybridized carbons (Fsp3) is 0.190. The van der Waals surface area contributed by atoms with Gasteiger partial charge >= 0.3 is 17.1 Å². The van der Waals surface area contributed by atoms with Crippen molar-refractivity contribution in [3.63, 3.8) is 0 Å². The van der Waals surface area contributed by atoms with E-state index in [-0.39, 0.29) is 17.1 Å². The Labute approximate surface area is 154 Å². The predicted octanol–water partition coefficient (Wildman–Crippen LogP) is 5.18. The van der Waals surface area contributed by atoms with Gasteiger partial charge in [0, 0.05) is 6.54 Å². The van der Waals surface area contributed by atoms with Crippen LogP contribution in [0.4, 0.5) is 0 Å². The molecule has 0 aliphatic rings. The van der Waals surface area contributed by atoms with Crippen molar-refractivity contribution in [1.29, 1.82) is 0 Å². The van der Waals surface area contributed by atoms with E-state index in [1.54, 1.807) is 0 Å². The van der Waals surface area contributed by atoms with E-state index in [0.29, 0.717) is 0 Å². The summed E-state index contributed by atoms with van der Waals surface area (Å²) in [6.45, 7) is 1.06. The number of para-hydroxylation sites is 2. The van der Waals surface area contributed by atoms with Gasteiger partial charge in [-0.3, -0.25) is 0 Å². The fourth-order valence-electron chi connectivity index (χ4n) is 2.70. The second-order valence-corrected chi connectivity index (χ2v) is 5.64. The number of nitrogens with zero attached hydrogens (tertiary/aromatic N) is 2. The zero-order valence-electron chi connectivity index (χ0n) is 13.7. The Balaban J connectivity index is 0.000000300. The van der Waals surface area contributed by atoms with Crippen molar-refractivity contribution in [2.45, 2.75) is 25.8 Å². The number of aromatic nitrogens is 2.